The SMILES string of the molecule is CC(C)(C)CC(C)(OO)C(C)(C)C. The zero-order valence-corrected chi connectivity index (χ0v) is 10.1. The van der Waals surface area contributed by atoms with E-state index in [0.717, 1.165) is 6.42 Å². The quantitative estimate of drug-likeness (QED) is 0.528. The first kappa shape index (κ1) is 12.9. The van der Waals surface area contributed by atoms with Crippen LogP contribution in [-0.4, -0.2) is 10.9 Å². The summed E-state index contributed by atoms with van der Waals surface area (Å²) in [4.78, 5) is 4.68. The van der Waals surface area contributed by atoms with Crippen LogP contribution in [0.15, 0.2) is 0 Å². The van der Waals surface area contributed by atoms with Gasteiger partial charge in [0.1, 0.15) is 5.60 Å². The van der Waals surface area contributed by atoms with Gasteiger partial charge in [0.25, 0.3) is 0 Å². The highest BCUT2D eigenvalue weighted by atomic mass is 17.1. The van der Waals surface area contributed by atoms with E-state index in [9.17, 15) is 0 Å². The Bertz CT molecular complexity index is 162. The summed E-state index contributed by atoms with van der Waals surface area (Å²) in [6, 6.07) is 0. The Kier molecular flexibility index (Phi) is 3.56. The molecule has 0 aromatic heterocycles. The van der Waals surface area contributed by atoms with Crippen molar-refractivity contribution in [3.05, 3.63) is 0 Å². The molecule has 80 valence electrons. The van der Waals surface area contributed by atoms with Gasteiger partial charge in [-0.3, -0.25) is 5.26 Å². The lowest BCUT2D eigenvalue weighted by molar-refractivity contribution is -0.349. The Labute approximate surface area is 82.2 Å². The van der Waals surface area contributed by atoms with Crippen molar-refractivity contribution < 1.29 is 10.1 Å². The molecule has 0 aliphatic carbocycles. The molecule has 0 fully saturated rings. The van der Waals surface area contributed by atoms with Crippen molar-refractivity contribution in [2.75, 3.05) is 0 Å². The maximum absolute atomic E-state index is 8.98. The van der Waals surface area contributed by atoms with Crippen molar-refractivity contribution in [2.24, 2.45) is 10.8 Å². The van der Waals surface area contributed by atoms with E-state index in [1.807, 2.05) is 6.92 Å². The van der Waals surface area contributed by atoms with Gasteiger partial charge in [-0.15, -0.1) is 0 Å². The van der Waals surface area contributed by atoms with Crippen LogP contribution in [0.3, 0.4) is 0 Å². The summed E-state index contributed by atoms with van der Waals surface area (Å²) >= 11 is 0. The largest absolute Gasteiger partial charge is 0.251 e. The van der Waals surface area contributed by atoms with E-state index in [4.69, 9.17) is 5.26 Å². The summed E-state index contributed by atoms with van der Waals surface area (Å²) in [6.07, 6.45) is 0.833. The monoisotopic (exact) mass is 188 g/mol. The lowest BCUT2D eigenvalue weighted by Gasteiger charge is -2.42. The summed E-state index contributed by atoms with van der Waals surface area (Å²) < 4.78 is 0. The highest BCUT2D eigenvalue weighted by Crippen LogP contribution is 2.41. The summed E-state index contributed by atoms with van der Waals surface area (Å²) in [5.41, 5.74) is -0.384. The van der Waals surface area contributed by atoms with Crippen LogP contribution in [0.4, 0.5) is 0 Å². The van der Waals surface area contributed by atoms with Crippen LogP contribution in [0.2, 0.25) is 0 Å². The van der Waals surface area contributed by atoms with Crippen LogP contribution >= 0.6 is 0 Å². The number of hydrogen-bond donors (Lipinski definition) is 1. The molecule has 2 heteroatoms. The summed E-state index contributed by atoms with van der Waals surface area (Å²) in [5.74, 6) is 0. The fourth-order valence-corrected chi connectivity index (χ4v) is 1.45. The molecule has 0 amide bonds. The van der Waals surface area contributed by atoms with Gasteiger partial charge in [-0.25, -0.2) is 4.89 Å². The average Bonchev–Trinajstić information content (AvgIpc) is 1.81. The zero-order valence-electron chi connectivity index (χ0n) is 10.1. The molecule has 0 aliphatic rings. The molecule has 1 atom stereocenters. The minimum absolute atomic E-state index is 0.0605. The lowest BCUT2D eigenvalue weighted by Crippen LogP contribution is -2.44. The van der Waals surface area contributed by atoms with Crippen molar-refractivity contribution in [1.29, 1.82) is 0 Å². The average molecular weight is 188 g/mol. The topological polar surface area (TPSA) is 29.5 Å². The van der Waals surface area contributed by atoms with Gasteiger partial charge in [-0.1, -0.05) is 41.5 Å². The molecule has 0 spiro atoms. The Morgan fingerprint density at radius 2 is 1.31 bits per heavy atom. The third-order valence-corrected chi connectivity index (χ3v) is 2.66. The third-order valence-electron chi connectivity index (χ3n) is 2.66. The molecule has 1 unspecified atom stereocenters. The maximum Gasteiger partial charge on any atom is 0.106 e. The van der Waals surface area contributed by atoms with Crippen molar-refractivity contribution in [2.45, 2.75) is 60.5 Å². The molecule has 0 rings (SSSR count). The first-order valence-electron chi connectivity index (χ1n) is 4.84. The summed E-state index contributed by atoms with van der Waals surface area (Å²) in [5, 5.41) is 8.98. The van der Waals surface area contributed by atoms with E-state index in [0.29, 0.717) is 0 Å². The lowest BCUT2D eigenvalue weighted by atomic mass is 9.69. The Hall–Kier alpha value is -0.0800. The van der Waals surface area contributed by atoms with E-state index >= 15 is 0 Å². The van der Waals surface area contributed by atoms with E-state index in [2.05, 4.69) is 46.4 Å². The van der Waals surface area contributed by atoms with Crippen LogP contribution in [0, 0.1) is 10.8 Å². The molecule has 0 aromatic rings. The Balaban J connectivity index is 4.67. The van der Waals surface area contributed by atoms with Gasteiger partial charge in [0.15, 0.2) is 0 Å². The van der Waals surface area contributed by atoms with Crippen molar-refractivity contribution in [1.82, 2.24) is 0 Å². The molecule has 0 aromatic carbocycles. The molecular weight excluding hydrogens is 164 g/mol. The van der Waals surface area contributed by atoms with Gasteiger partial charge in [-0.05, 0) is 24.2 Å². The van der Waals surface area contributed by atoms with Gasteiger partial charge in [0, 0.05) is 0 Å². The fourth-order valence-electron chi connectivity index (χ4n) is 1.45. The number of hydrogen-bond acceptors (Lipinski definition) is 2. The van der Waals surface area contributed by atoms with Gasteiger partial charge in [0.2, 0.25) is 0 Å². The predicted octanol–water partition coefficient (Wildman–Crippen LogP) is 3.72. The van der Waals surface area contributed by atoms with Crippen molar-refractivity contribution in [3.8, 4) is 0 Å². The molecule has 1 N–H and O–H groups in total. The standard InChI is InChI=1S/C11H24O2/c1-9(2,3)8-11(7,13-12)10(4,5)6/h12H,8H2,1-7H3. The maximum atomic E-state index is 8.98. The fraction of sp³-hybridized carbons (Fsp3) is 1.00. The molecule has 0 radical (unpaired) electrons. The molecule has 13 heavy (non-hydrogen) atoms. The molecular formula is C11H24O2. The highest BCUT2D eigenvalue weighted by Gasteiger charge is 2.42. The second-order valence-corrected chi connectivity index (χ2v) is 6.31. The van der Waals surface area contributed by atoms with Crippen LogP contribution in [0.5, 0.6) is 0 Å². The van der Waals surface area contributed by atoms with Crippen LogP contribution in [0.1, 0.15) is 54.9 Å². The smallest absolute Gasteiger partial charge is 0.106 e. The minimum Gasteiger partial charge on any atom is -0.251 e. The first-order chi connectivity index (χ1) is 5.52. The first-order valence-corrected chi connectivity index (χ1v) is 4.84. The molecule has 2 nitrogen and oxygen atoms in total. The van der Waals surface area contributed by atoms with E-state index in [1.54, 1.807) is 0 Å². The van der Waals surface area contributed by atoms with Gasteiger partial charge < -0.3 is 0 Å². The van der Waals surface area contributed by atoms with Gasteiger partial charge >= 0.3 is 0 Å². The summed E-state index contributed by atoms with van der Waals surface area (Å²) in [6.45, 7) is 14.6. The third kappa shape index (κ3) is 3.65. The Morgan fingerprint density at radius 3 is 1.38 bits per heavy atom. The molecule has 0 heterocycles. The second kappa shape index (κ2) is 3.58. The minimum atomic E-state index is -0.481. The van der Waals surface area contributed by atoms with Gasteiger partial charge in [-0.2, -0.15) is 0 Å². The van der Waals surface area contributed by atoms with Crippen molar-refractivity contribution >= 4 is 0 Å². The Morgan fingerprint density at radius 1 is 0.923 bits per heavy atom. The predicted molar refractivity (Wildman–Crippen MR) is 55.6 cm³/mol. The molecule has 0 aliphatic heterocycles. The van der Waals surface area contributed by atoms with Crippen LogP contribution in [-0.2, 0) is 4.89 Å². The second-order valence-electron chi connectivity index (χ2n) is 6.31. The normalized spacial score (nSPS) is 18.5. The van der Waals surface area contributed by atoms with E-state index < -0.39 is 5.60 Å². The molecule has 0 bridgehead atoms. The molecule has 0 saturated carbocycles. The van der Waals surface area contributed by atoms with E-state index in [1.165, 1.54) is 0 Å². The van der Waals surface area contributed by atoms with Gasteiger partial charge in [0.05, 0.1) is 0 Å². The summed E-state index contributed by atoms with van der Waals surface area (Å²) in [7, 11) is 0. The van der Waals surface area contributed by atoms with Crippen LogP contribution < -0.4 is 0 Å². The highest BCUT2D eigenvalue weighted by molar-refractivity contribution is 4.90. The van der Waals surface area contributed by atoms with E-state index in [-0.39, 0.29) is 10.8 Å². The zero-order chi connectivity index (χ0) is 10.9. The number of rotatable bonds is 2. The molecule has 0 saturated heterocycles. The van der Waals surface area contributed by atoms with Crippen molar-refractivity contribution in [3.63, 3.8) is 0 Å². The van der Waals surface area contributed by atoms with Crippen LogP contribution in [0.25, 0.3) is 0 Å².